The Morgan fingerprint density at radius 2 is 1.55 bits per heavy atom. The minimum atomic E-state index is -0.874. The number of allylic oxidation sites excluding steroid dienone is 1. The third-order valence-electron chi connectivity index (χ3n) is 4.71. The number of hydrogen-bond donors (Lipinski definition) is 2. The van der Waals surface area contributed by atoms with E-state index in [4.69, 9.17) is 28.8 Å². The molecule has 0 saturated carbocycles. The summed E-state index contributed by atoms with van der Waals surface area (Å²) in [6, 6.07) is 0. The fourth-order valence-electron chi connectivity index (χ4n) is 2.97. The molecular weight excluding hydrogens is 406 g/mol. The maximum absolute atomic E-state index is 11.9. The highest BCUT2D eigenvalue weighted by Gasteiger charge is 2.14. The van der Waals surface area contributed by atoms with Crippen LogP contribution in [0.5, 0.6) is 0 Å². The summed E-state index contributed by atoms with van der Waals surface area (Å²) in [7, 11) is 0. The summed E-state index contributed by atoms with van der Waals surface area (Å²) in [6.07, 6.45) is 7.93. The molecule has 0 aliphatic heterocycles. The Morgan fingerprint density at radius 3 is 2.19 bits per heavy atom. The number of carboxylic acid groups (broad SMARTS) is 1. The van der Waals surface area contributed by atoms with E-state index in [1.54, 1.807) is 0 Å². The molecule has 0 aromatic heterocycles. The summed E-state index contributed by atoms with van der Waals surface area (Å²) in [4.78, 5) is 22.2. The average Bonchev–Trinajstić information content (AvgIpc) is 2.73. The lowest BCUT2D eigenvalue weighted by Gasteiger charge is -2.20. The van der Waals surface area contributed by atoms with Crippen LogP contribution in [0.1, 0.15) is 45.4 Å². The number of carbonyl (C=O) groups is 2. The van der Waals surface area contributed by atoms with E-state index < -0.39 is 5.97 Å². The van der Waals surface area contributed by atoms with E-state index in [0.717, 1.165) is 19.3 Å². The number of nitrogens with one attached hydrogen (secondary N) is 1. The number of carbonyl (C=O) groups excluding carboxylic acids is 1. The number of carboxylic acids is 1. The molecule has 1 aliphatic rings. The second-order valence-electron chi connectivity index (χ2n) is 7.33. The predicted octanol–water partition coefficient (Wildman–Crippen LogP) is 1.94. The van der Waals surface area contributed by atoms with Crippen molar-refractivity contribution in [1.29, 1.82) is 0 Å². The van der Waals surface area contributed by atoms with Crippen LogP contribution < -0.4 is 5.32 Å². The molecular formula is C22H39NO8. The molecule has 31 heavy (non-hydrogen) atoms. The van der Waals surface area contributed by atoms with Gasteiger partial charge in [0.15, 0.2) is 0 Å². The molecule has 0 radical (unpaired) electrons. The van der Waals surface area contributed by atoms with Crippen LogP contribution in [-0.4, -0.2) is 89.1 Å². The normalized spacial score (nSPS) is 18.6. The molecule has 0 saturated heterocycles. The van der Waals surface area contributed by atoms with E-state index in [1.807, 2.05) is 0 Å². The third-order valence-corrected chi connectivity index (χ3v) is 4.71. The number of rotatable bonds is 18. The first-order valence-electron chi connectivity index (χ1n) is 11.2. The van der Waals surface area contributed by atoms with Crippen molar-refractivity contribution in [3.8, 4) is 0 Å². The van der Waals surface area contributed by atoms with Gasteiger partial charge in [-0.1, -0.05) is 18.9 Å². The van der Waals surface area contributed by atoms with Crippen molar-refractivity contribution in [1.82, 2.24) is 5.32 Å². The molecule has 1 aliphatic carbocycles. The van der Waals surface area contributed by atoms with Crippen LogP contribution in [0.3, 0.4) is 0 Å². The van der Waals surface area contributed by atoms with Gasteiger partial charge in [-0.05, 0) is 31.8 Å². The summed E-state index contributed by atoms with van der Waals surface area (Å²) in [5, 5.41) is 11.3. The molecule has 180 valence electrons. The quantitative estimate of drug-likeness (QED) is 0.243. The van der Waals surface area contributed by atoms with E-state index in [1.165, 1.54) is 18.4 Å². The van der Waals surface area contributed by atoms with Crippen molar-refractivity contribution in [2.24, 2.45) is 0 Å². The van der Waals surface area contributed by atoms with Gasteiger partial charge >= 0.3 is 5.97 Å². The number of aliphatic carboxylic acids is 1. The van der Waals surface area contributed by atoms with Gasteiger partial charge in [0.1, 0.15) is 6.61 Å². The lowest BCUT2D eigenvalue weighted by molar-refractivity contribution is -0.138. The van der Waals surface area contributed by atoms with E-state index in [2.05, 4.69) is 18.3 Å². The summed E-state index contributed by atoms with van der Waals surface area (Å²) < 4.78 is 27.0. The van der Waals surface area contributed by atoms with Gasteiger partial charge in [-0.25, -0.2) is 0 Å². The first-order valence-corrected chi connectivity index (χ1v) is 11.2. The second kappa shape index (κ2) is 19.2. The van der Waals surface area contributed by atoms with E-state index in [0.29, 0.717) is 52.8 Å². The fraction of sp³-hybridized carbons (Fsp3) is 0.818. The van der Waals surface area contributed by atoms with Crippen molar-refractivity contribution in [2.75, 3.05) is 66.0 Å². The molecule has 1 rings (SSSR count). The van der Waals surface area contributed by atoms with Gasteiger partial charge in [0, 0.05) is 6.54 Å². The Morgan fingerprint density at radius 1 is 0.935 bits per heavy atom. The highest BCUT2D eigenvalue weighted by molar-refractivity contribution is 5.77. The van der Waals surface area contributed by atoms with Crippen molar-refractivity contribution in [3.05, 3.63) is 11.6 Å². The van der Waals surface area contributed by atoms with Crippen LogP contribution in [0.15, 0.2) is 11.6 Å². The van der Waals surface area contributed by atoms with Crippen molar-refractivity contribution < 1.29 is 38.4 Å². The Balaban J connectivity index is 1.85. The minimum Gasteiger partial charge on any atom is -0.481 e. The van der Waals surface area contributed by atoms with Gasteiger partial charge in [0.25, 0.3) is 0 Å². The Hall–Kier alpha value is -1.52. The molecule has 2 N–H and O–H groups in total. The first-order chi connectivity index (χ1) is 15.1. The number of ether oxygens (including phenoxy) is 5. The van der Waals surface area contributed by atoms with Gasteiger partial charge in [-0.3, -0.25) is 9.59 Å². The zero-order chi connectivity index (χ0) is 22.6. The molecule has 1 unspecified atom stereocenters. The van der Waals surface area contributed by atoms with Crippen molar-refractivity contribution in [3.63, 3.8) is 0 Å². The van der Waals surface area contributed by atoms with Crippen molar-refractivity contribution in [2.45, 2.75) is 51.6 Å². The summed E-state index contributed by atoms with van der Waals surface area (Å²) in [5.41, 5.74) is 1.23. The highest BCUT2D eigenvalue weighted by atomic mass is 16.6. The SMILES string of the molecule is C/C1=C/CCCCCC1OCC(=O)NCCOCCOCCOCCOCCC(=O)O. The summed E-state index contributed by atoms with van der Waals surface area (Å²) in [6.45, 7) is 5.74. The van der Waals surface area contributed by atoms with E-state index in [9.17, 15) is 9.59 Å². The molecule has 0 bridgehead atoms. The third kappa shape index (κ3) is 16.8. The summed E-state index contributed by atoms with van der Waals surface area (Å²) in [5.74, 6) is -1.00. The highest BCUT2D eigenvalue weighted by Crippen LogP contribution is 2.19. The molecule has 1 amide bonds. The lowest BCUT2D eigenvalue weighted by Crippen LogP contribution is -2.32. The first kappa shape index (κ1) is 27.5. The smallest absolute Gasteiger partial charge is 0.305 e. The molecule has 1 atom stereocenters. The Bertz CT molecular complexity index is 512. The zero-order valence-corrected chi connectivity index (χ0v) is 18.8. The fourth-order valence-corrected chi connectivity index (χ4v) is 2.97. The number of amides is 1. The van der Waals surface area contributed by atoms with E-state index in [-0.39, 0.29) is 31.6 Å². The number of hydrogen-bond acceptors (Lipinski definition) is 7. The Kier molecular flexibility index (Phi) is 17.0. The summed E-state index contributed by atoms with van der Waals surface area (Å²) >= 11 is 0. The van der Waals surface area contributed by atoms with Crippen LogP contribution in [-0.2, 0) is 33.3 Å². The predicted molar refractivity (Wildman–Crippen MR) is 115 cm³/mol. The van der Waals surface area contributed by atoms with Gasteiger partial charge < -0.3 is 34.1 Å². The zero-order valence-electron chi connectivity index (χ0n) is 18.8. The maximum Gasteiger partial charge on any atom is 0.305 e. The molecule has 0 aromatic rings. The van der Waals surface area contributed by atoms with Crippen LogP contribution in [0.2, 0.25) is 0 Å². The van der Waals surface area contributed by atoms with Crippen LogP contribution in [0.4, 0.5) is 0 Å². The lowest BCUT2D eigenvalue weighted by atomic mass is 9.98. The van der Waals surface area contributed by atoms with Crippen LogP contribution >= 0.6 is 0 Å². The Labute approximate surface area is 185 Å². The monoisotopic (exact) mass is 445 g/mol. The van der Waals surface area contributed by atoms with Crippen LogP contribution in [0.25, 0.3) is 0 Å². The minimum absolute atomic E-state index is 0.00166. The molecule has 0 spiro atoms. The largest absolute Gasteiger partial charge is 0.481 e. The molecule has 9 heteroatoms. The molecule has 0 fully saturated rings. The van der Waals surface area contributed by atoms with Crippen LogP contribution in [0, 0.1) is 0 Å². The van der Waals surface area contributed by atoms with Gasteiger partial charge in [-0.2, -0.15) is 0 Å². The van der Waals surface area contributed by atoms with Crippen molar-refractivity contribution >= 4 is 11.9 Å². The van der Waals surface area contributed by atoms with Gasteiger partial charge in [0.05, 0.1) is 65.4 Å². The van der Waals surface area contributed by atoms with Gasteiger partial charge in [-0.15, -0.1) is 0 Å². The van der Waals surface area contributed by atoms with Gasteiger partial charge in [0.2, 0.25) is 5.91 Å². The topological polar surface area (TPSA) is 113 Å². The molecule has 0 aromatic carbocycles. The standard InChI is InChI=1S/C22H39NO8/c1-19-6-4-2-3-5-7-20(19)31-18-21(24)23-9-11-28-13-15-30-17-16-29-14-12-27-10-8-22(25)26/h6,20H,2-5,7-18H2,1H3,(H,23,24)(H,25,26)/b19-6-. The second-order valence-corrected chi connectivity index (χ2v) is 7.33. The van der Waals surface area contributed by atoms with E-state index >= 15 is 0 Å². The maximum atomic E-state index is 11.9. The molecule has 0 heterocycles. The molecule has 9 nitrogen and oxygen atoms in total. The average molecular weight is 446 g/mol.